The number of allylic oxidation sites excluding steroid dienone is 2. The van der Waals surface area contributed by atoms with Gasteiger partial charge in [0.2, 0.25) is 0 Å². The molecule has 0 saturated carbocycles. The van der Waals surface area contributed by atoms with Gasteiger partial charge in [-0.1, -0.05) is 18.6 Å². The first-order valence-corrected chi connectivity index (χ1v) is 7.21. The van der Waals surface area contributed by atoms with Crippen molar-refractivity contribution < 1.29 is 14.5 Å². The molecule has 0 aromatic rings. The van der Waals surface area contributed by atoms with Gasteiger partial charge in [-0.3, -0.25) is 0 Å². The van der Waals surface area contributed by atoms with Crippen LogP contribution < -0.4 is 0 Å². The second-order valence-corrected chi connectivity index (χ2v) is 5.47. The van der Waals surface area contributed by atoms with Crippen LogP contribution >= 0.6 is 0 Å². The standard InChI is InChI=1S/C15H28O3/c1-13(2)7-6-8-14(3)10-12-17-18-15-9-4-5-11-16-15/h7,14-15H,4-6,8-12H2,1-3H3. The summed E-state index contributed by atoms with van der Waals surface area (Å²) in [5.41, 5.74) is 1.40. The highest BCUT2D eigenvalue weighted by Gasteiger charge is 2.14. The van der Waals surface area contributed by atoms with Crippen LogP contribution in [0.15, 0.2) is 11.6 Å². The maximum absolute atomic E-state index is 5.42. The van der Waals surface area contributed by atoms with Crippen molar-refractivity contribution in [3.05, 3.63) is 11.6 Å². The fourth-order valence-electron chi connectivity index (χ4n) is 1.96. The van der Waals surface area contributed by atoms with Gasteiger partial charge in [-0.15, -0.1) is 0 Å². The highest BCUT2D eigenvalue weighted by atomic mass is 17.2. The monoisotopic (exact) mass is 256 g/mol. The smallest absolute Gasteiger partial charge is 0.191 e. The minimum atomic E-state index is -0.139. The minimum absolute atomic E-state index is 0.139. The molecular formula is C15H28O3. The zero-order valence-corrected chi connectivity index (χ0v) is 12.1. The van der Waals surface area contributed by atoms with Crippen molar-refractivity contribution in [2.45, 2.75) is 65.6 Å². The van der Waals surface area contributed by atoms with E-state index >= 15 is 0 Å². The molecule has 1 aliphatic rings. The lowest BCUT2D eigenvalue weighted by Crippen LogP contribution is -2.22. The number of hydrogen-bond donors (Lipinski definition) is 0. The molecule has 3 heteroatoms. The zero-order chi connectivity index (χ0) is 13.2. The van der Waals surface area contributed by atoms with Gasteiger partial charge in [0.1, 0.15) is 0 Å². The maximum atomic E-state index is 5.42. The van der Waals surface area contributed by atoms with Gasteiger partial charge in [-0.05, 0) is 51.9 Å². The van der Waals surface area contributed by atoms with E-state index in [-0.39, 0.29) is 6.29 Å². The summed E-state index contributed by atoms with van der Waals surface area (Å²) in [5.74, 6) is 0.677. The largest absolute Gasteiger partial charge is 0.350 e. The van der Waals surface area contributed by atoms with Gasteiger partial charge in [0.15, 0.2) is 6.29 Å². The Morgan fingerprint density at radius 2 is 2.17 bits per heavy atom. The zero-order valence-electron chi connectivity index (χ0n) is 12.1. The number of ether oxygens (including phenoxy) is 1. The van der Waals surface area contributed by atoms with E-state index in [2.05, 4.69) is 26.8 Å². The average Bonchev–Trinajstić information content (AvgIpc) is 2.35. The molecule has 0 aliphatic carbocycles. The van der Waals surface area contributed by atoms with Crippen LogP contribution in [0.3, 0.4) is 0 Å². The van der Waals surface area contributed by atoms with Crippen LogP contribution in [0.4, 0.5) is 0 Å². The van der Waals surface area contributed by atoms with Crippen molar-refractivity contribution in [3.63, 3.8) is 0 Å². The molecule has 106 valence electrons. The fourth-order valence-corrected chi connectivity index (χ4v) is 1.96. The highest BCUT2D eigenvalue weighted by molar-refractivity contribution is 4.92. The molecule has 1 aliphatic heterocycles. The second-order valence-electron chi connectivity index (χ2n) is 5.47. The molecule has 0 amide bonds. The predicted octanol–water partition coefficient (Wildman–Crippen LogP) is 4.23. The molecule has 2 unspecified atom stereocenters. The number of hydrogen-bond acceptors (Lipinski definition) is 3. The maximum Gasteiger partial charge on any atom is 0.191 e. The summed E-state index contributed by atoms with van der Waals surface area (Å²) in [4.78, 5) is 10.5. The van der Waals surface area contributed by atoms with Gasteiger partial charge in [-0.25, -0.2) is 9.78 Å². The molecule has 1 heterocycles. The molecular weight excluding hydrogens is 228 g/mol. The van der Waals surface area contributed by atoms with Crippen LogP contribution in [0, 0.1) is 5.92 Å². The molecule has 0 bridgehead atoms. The Morgan fingerprint density at radius 1 is 1.33 bits per heavy atom. The van der Waals surface area contributed by atoms with Crippen molar-refractivity contribution in [1.82, 2.24) is 0 Å². The van der Waals surface area contributed by atoms with Crippen molar-refractivity contribution in [1.29, 1.82) is 0 Å². The summed E-state index contributed by atoms with van der Waals surface area (Å²) in [7, 11) is 0. The van der Waals surface area contributed by atoms with E-state index in [0.29, 0.717) is 12.5 Å². The Hall–Kier alpha value is -0.380. The van der Waals surface area contributed by atoms with Gasteiger partial charge >= 0.3 is 0 Å². The van der Waals surface area contributed by atoms with Crippen molar-refractivity contribution >= 4 is 0 Å². The third-order valence-corrected chi connectivity index (χ3v) is 3.22. The molecule has 0 aromatic heterocycles. The summed E-state index contributed by atoms with van der Waals surface area (Å²) in [5, 5.41) is 0. The Balaban J connectivity index is 1.94. The van der Waals surface area contributed by atoms with E-state index in [9.17, 15) is 0 Å². The predicted molar refractivity (Wildman–Crippen MR) is 73.1 cm³/mol. The van der Waals surface area contributed by atoms with Crippen LogP contribution in [0.1, 0.15) is 59.3 Å². The lowest BCUT2D eigenvalue weighted by atomic mass is 10.0. The Kier molecular flexibility index (Phi) is 8.31. The van der Waals surface area contributed by atoms with Crippen LogP contribution in [-0.2, 0) is 14.5 Å². The highest BCUT2D eigenvalue weighted by Crippen LogP contribution is 2.15. The molecule has 0 radical (unpaired) electrons. The first kappa shape index (κ1) is 15.7. The van der Waals surface area contributed by atoms with Gasteiger partial charge in [0.25, 0.3) is 0 Å². The minimum Gasteiger partial charge on any atom is -0.350 e. The summed E-state index contributed by atoms with van der Waals surface area (Å²) in [6, 6.07) is 0. The van der Waals surface area contributed by atoms with Gasteiger partial charge in [-0.2, -0.15) is 0 Å². The SMILES string of the molecule is CC(C)=CCCC(C)CCOOC1CCCCO1. The topological polar surface area (TPSA) is 27.7 Å². The molecule has 1 saturated heterocycles. The molecule has 1 fully saturated rings. The number of rotatable bonds is 8. The van der Waals surface area contributed by atoms with E-state index in [0.717, 1.165) is 32.3 Å². The van der Waals surface area contributed by atoms with E-state index in [1.165, 1.54) is 18.4 Å². The van der Waals surface area contributed by atoms with Crippen molar-refractivity contribution in [2.24, 2.45) is 5.92 Å². The fraction of sp³-hybridized carbons (Fsp3) is 0.867. The first-order valence-electron chi connectivity index (χ1n) is 7.21. The third-order valence-electron chi connectivity index (χ3n) is 3.22. The molecule has 0 spiro atoms. The molecule has 0 aromatic carbocycles. The lowest BCUT2D eigenvalue weighted by molar-refractivity contribution is -0.385. The van der Waals surface area contributed by atoms with Gasteiger partial charge < -0.3 is 4.74 Å². The second kappa shape index (κ2) is 9.54. The summed E-state index contributed by atoms with van der Waals surface area (Å²) < 4.78 is 5.42. The Bertz CT molecular complexity index is 228. The van der Waals surface area contributed by atoms with Gasteiger partial charge in [0.05, 0.1) is 6.61 Å². The molecule has 0 N–H and O–H groups in total. The van der Waals surface area contributed by atoms with E-state index in [4.69, 9.17) is 14.5 Å². The lowest BCUT2D eigenvalue weighted by Gasteiger charge is -2.21. The van der Waals surface area contributed by atoms with Crippen LogP contribution in [0.5, 0.6) is 0 Å². The Labute approximate surface area is 111 Å². The molecule has 3 nitrogen and oxygen atoms in total. The van der Waals surface area contributed by atoms with E-state index in [1.807, 2.05) is 0 Å². The molecule has 18 heavy (non-hydrogen) atoms. The third kappa shape index (κ3) is 7.85. The summed E-state index contributed by atoms with van der Waals surface area (Å²) in [6.45, 7) is 8.01. The van der Waals surface area contributed by atoms with Crippen LogP contribution in [0.25, 0.3) is 0 Å². The molecule has 2 atom stereocenters. The normalized spacial score (nSPS) is 21.6. The van der Waals surface area contributed by atoms with Crippen LogP contribution in [-0.4, -0.2) is 19.5 Å². The van der Waals surface area contributed by atoms with E-state index in [1.54, 1.807) is 0 Å². The van der Waals surface area contributed by atoms with Crippen LogP contribution in [0.2, 0.25) is 0 Å². The Morgan fingerprint density at radius 3 is 2.83 bits per heavy atom. The van der Waals surface area contributed by atoms with E-state index < -0.39 is 0 Å². The first-order chi connectivity index (χ1) is 8.68. The van der Waals surface area contributed by atoms with Gasteiger partial charge in [0, 0.05) is 13.0 Å². The average molecular weight is 256 g/mol. The molecule has 1 rings (SSSR count). The van der Waals surface area contributed by atoms with Crippen molar-refractivity contribution in [2.75, 3.05) is 13.2 Å². The summed E-state index contributed by atoms with van der Waals surface area (Å²) in [6.07, 6.45) is 8.85. The van der Waals surface area contributed by atoms with Crippen molar-refractivity contribution in [3.8, 4) is 0 Å². The quantitative estimate of drug-likeness (QED) is 0.281. The summed E-state index contributed by atoms with van der Waals surface area (Å²) >= 11 is 0.